The molecule has 0 amide bonds. The standard InChI is InChI=1S/C16H21N3O4S/c1-12-13(2)18(8-9-22-3)16(17-12)24-11-10-23-15-7-5-4-6-14(15)19(20)21/h4-7H,8-11H2,1-3H3. The minimum atomic E-state index is -0.438. The second kappa shape index (κ2) is 8.70. The number of rotatable bonds is 9. The van der Waals surface area contributed by atoms with E-state index in [0.29, 0.717) is 19.0 Å². The van der Waals surface area contributed by atoms with Crippen LogP contribution in [0.1, 0.15) is 11.4 Å². The van der Waals surface area contributed by atoms with Gasteiger partial charge in [0.15, 0.2) is 10.9 Å². The van der Waals surface area contributed by atoms with Crippen molar-refractivity contribution in [2.24, 2.45) is 0 Å². The minimum Gasteiger partial charge on any atom is -0.486 e. The highest BCUT2D eigenvalue weighted by molar-refractivity contribution is 7.99. The van der Waals surface area contributed by atoms with Gasteiger partial charge in [0.1, 0.15) is 0 Å². The fourth-order valence-corrected chi connectivity index (χ4v) is 3.13. The van der Waals surface area contributed by atoms with E-state index < -0.39 is 4.92 Å². The number of nitro groups is 1. The second-order valence-electron chi connectivity index (χ2n) is 5.13. The summed E-state index contributed by atoms with van der Waals surface area (Å²) in [5.41, 5.74) is 2.10. The van der Waals surface area contributed by atoms with Crippen molar-refractivity contribution in [2.75, 3.05) is 26.1 Å². The summed E-state index contributed by atoms with van der Waals surface area (Å²) in [4.78, 5) is 15.1. The number of hydrogen-bond acceptors (Lipinski definition) is 6. The molecule has 24 heavy (non-hydrogen) atoms. The van der Waals surface area contributed by atoms with Crippen molar-refractivity contribution in [3.05, 3.63) is 45.8 Å². The lowest BCUT2D eigenvalue weighted by Gasteiger charge is -2.10. The predicted octanol–water partition coefficient (Wildman–Crippen LogP) is 3.23. The normalized spacial score (nSPS) is 10.8. The number of ether oxygens (including phenoxy) is 2. The number of nitro benzene ring substituents is 1. The molecule has 0 unspecified atom stereocenters. The number of nitrogens with zero attached hydrogens (tertiary/aromatic N) is 3. The van der Waals surface area contributed by atoms with E-state index in [-0.39, 0.29) is 11.4 Å². The van der Waals surface area contributed by atoms with Gasteiger partial charge in [0.05, 0.1) is 23.8 Å². The molecule has 0 radical (unpaired) electrons. The van der Waals surface area contributed by atoms with Crippen molar-refractivity contribution in [1.29, 1.82) is 0 Å². The second-order valence-corrected chi connectivity index (χ2v) is 6.19. The molecular weight excluding hydrogens is 330 g/mol. The first kappa shape index (κ1) is 18.3. The molecule has 0 N–H and O–H groups in total. The van der Waals surface area contributed by atoms with Crippen LogP contribution in [-0.4, -0.2) is 40.6 Å². The van der Waals surface area contributed by atoms with Gasteiger partial charge in [0.25, 0.3) is 0 Å². The first-order valence-electron chi connectivity index (χ1n) is 7.56. The predicted molar refractivity (Wildman–Crippen MR) is 92.9 cm³/mol. The van der Waals surface area contributed by atoms with E-state index in [9.17, 15) is 10.1 Å². The molecule has 0 aliphatic carbocycles. The number of para-hydroxylation sites is 2. The van der Waals surface area contributed by atoms with Gasteiger partial charge in [-0.2, -0.15) is 0 Å². The van der Waals surface area contributed by atoms with E-state index in [4.69, 9.17) is 9.47 Å². The van der Waals surface area contributed by atoms with Crippen LogP contribution in [0.5, 0.6) is 5.75 Å². The summed E-state index contributed by atoms with van der Waals surface area (Å²) in [7, 11) is 1.67. The quantitative estimate of drug-likeness (QED) is 0.299. The van der Waals surface area contributed by atoms with Crippen LogP contribution in [-0.2, 0) is 11.3 Å². The molecule has 0 saturated carbocycles. The Morgan fingerprint density at radius 3 is 2.75 bits per heavy atom. The first-order valence-corrected chi connectivity index (χ1v) is 8.54. The summed E-state index contributed by atoms with van der Waals surface area (Å²) in [5, 5.41) is 11.9. The molecule has 130 valence electrons. The van der Waals surface area contributed by atoms with Gasteiger partial charge in [-0.25, -0.2) is 4.98 Å². The molecule has 0 spiro atoms. The lowest BCUT2D eigenvalue weighted by atomic mass is 10.3. The molecule has 1 heterocycles. The molecule has 1 aromatic carbocycles. The van der Waals surface area contributed by atoms with Gasteiger partial charge >= 0.3 is 5.69 Å². The molecule has 2 rings (SSSR count). The molecule has 0 fully saturated rings. The fourth-order valence-electron chi connectivity index (χ4n) is 2.19. The molecule has 0 saturated heterocycles. The Hall–Kier alpha value is -2.06. The maximum atomic E-state index is 11.0. The molecule has 0 aliphatic heterocycles. The van der Waals surface area contributed by atoms with Gasteiger partial charge in [-0.15, -0.1) is 0 Å². The Balaban J connectivity index is 1.93. The highest BCUT2D eigenvalue weighted by atomic mass is 32.2. The molecule has 1 aromatic heterocycles. The summed E-state index contributed by atoms with van der Waals surface area (Å²) in [6, 6.07) is 6.39. The average molecular weight is 351 g/mol. The largest absolute Gasteiger partial charge is 0.486 e. The lowest BCUT2D eigenvalue weighted by molar-refractivity contribution is -0.385. The molecule has 0 atom stereocenters. The molecule has 0 aliphatic rings. The first-order chi connectivity index (χ1) is 11.5. The van der Waals surface area contributed by atoms with Crippen LogP contribution in [0.4, 0.5) is 5.69 Å². The third-order valence-electron chi connectivity index (χ3n) is 3.58. The third kappa shape index (κ3) is 4.48. The van der Waals surface area contributed by atoms with E-state index in [1.54, 1.807) is 37.1 Å². The zero-order valence-corrected chi connectivity index (χ0v) is 14.8. The van der Waals surface area contributed by atoms with E-state index in [1.165, 1.54) is 6.07 Å². The monoisotopic (exact) mass is 351 g/mol. The fraction of sp³-hybridized carbons (Fsp3) is 0.438. The number of thioether (sulfide) groups is 1. The Bertz CT molecular complexity index is 703. The maximum absolute atomic E-state index is 11.0. The summed E-state index contributed by atoms with van der Waals surface area (Å²) < 4.78 is 12.8. The van der Waals surface area contributed by atoms with Gasteiger partial charge < -0.3 is 14.0 Å². The number of hydrogen-bond donors (Lipinski definition) is 0. The van der Waals surface area contributed by atoms with Crippen molar-refractivity contribution >= 4 is 17.4 Å². The summed E-state index contributed by atoms with van der Waals surface area (Å²) in [5.74, 6) is 0.938. The van der Waals surface area contributed by atoms with Gasteiger partial charge in [-0.1, -0.05) is 23.9 Å². The number of aryl methyl sites for hydroxylation is 1. The topological polar surface area (TPSA) is 79.4 Å². The molecule has 8 heteroatoms. The Labute approximate surface area is 145 Å². The Morgan fingerprint density at radius 1 is 1.29 bits per heavy atom. The molecule has 2 aromatic rings. The molecular formula is C16H21N3O4S. The summed E-state index contributed by atoms with van der Waals surface area (Å²) >= 11 is 1.57. The Morgan fingerprint density at radius 2 is 2.04 bits per heavy atom. The number of methoxy groups -OCH3 is 1. The van der Waals surface area contributed by atoms with Crippen LogP contribution in [0.3, 0.4) is 0 Å². The van der Waals surface area contributed by atoms with Gasteiger partial charge in [0, 0.05) is 31.2 Å². The van der Waals surface area contributed by atoms with Crippen molar-refractivity contribution in [1.82, 2.24) is 9.55 Å². The maximum Gasteiger partial charge on any atom is 0.310 e. The summed E-state index contributed by atoms with van der Waals surface area (Å²) in [6.45, 7) is 5.75. The van der Waals surface area contributed by atoms with Crippen LogP contribution < -0.4 is 4.74 Å². The van der Waals surface area contributed by atoms with Crippen molar-refractivity contribution < 1.29 is 14.4 Å². The van der Waals surface area contributed by atoms with Crippen LogP contribution in [0.25, 0.3) is 0 Å². The number of aromatic nitrogens is 2. The Kier molecular flexibility index (Phi) is 6.62. The van der Waals surface area contributed by atoms with Crippen LogP contribution in [0.2, 0.25) is 0 Å². The average Bonchev–Trinajstić information content (AvgIpc) is 2.84. The third-order valence-corrected chi connectivity index (χ3v) is 4.52. The van der Waals surface area contributed by atoms with Gasteiger partial charge in [-0.3, -0.25) is 10.1 Å². The summed E-state index contributed by atoms with van der Waals surface area (Å²) in [6.07, 6.45) is 0. The van der Waals surface area contributed by atoms with Crippen LogP contribution in [0, 0.1) is 24.0 Å². The van der Waals surface area contributed by atoms with Crippen LogP contribution >= 0.6 is 11.8 Å². The zero-order chi connectivity index (χ0) is 17.5. The zero-order valence-electron chi connectivity index (χ0n) is 14.0. The van der Waals surface area contributed by atoms with E-state index in [1.807, 2.05) is 13.8 Å². The number of imidazole rings is 1. The number of benzene rings is 1. The van der Waals surface area contributed by atoms with Gasteiger partial charge in [-0.05, 0) is 19.9 Å². The van der Waals surface area contributed by atoms with E-state index in [2.05, 4.69) is 9.55 Å². The van der Waals surface area contributed by atoms with Gasteiger partial charge in [0.2, 0.25) is 0 Å². The molecule has 7 nitrogen and oxygen atoms in total. The highest BCUT2D eigenvalue weighted by Gasteiger charge is 2.14. The lowest BCUT2D eigenvalue weighted by Crippen LogP contribution is -2.08. The van der Waals surface area contributed by atoms with Crippen LogP contribution in [0.15, 0.2) is 29.4 Å². The smallest absolute Gasteiger partial charge is 0.310 e. The highest BCUT2D eigenvalue weighted by Crippen LogP contribution is 2.26. The van der Waals surface area contributed by atoms with E-state index >= 15 is 0 Å². The van der Waals surface area contributed by atoms with Crippen molar-refractivity contribution in [2.45, 2.75) is 25.5 Å². The van der Waals surface area contributed by atoms with Crippen molar-refractivity contribution in [3.63, 3.8) is 0 Å². The minimum absolute atomic E-state index is 0.0178. The van der Waals surface area contributed by atoms with E-state index in [0.717, 1.165) is 23.1 Å². The molecule has 0 bridgehead atoms. The van der Waals surface area contributed by atoms with Crippen molar-refractivity contribution in [3.8, 4) is 5.75 Å². The SMILES string of the molecule is COCCn1c(SCCOc2ccccc2[N+](=O)[O-])nc(C)c1C.